The molecule has 2 rings (SSSR count). The van der Waals surface area contributed by atoms with Crippen molar-refractivity contribution in [1.29, 1.82) is 0 Å². The molecule has 1 aromatic heterocycles. The Labute approximate surface area is 96.7 Å². The molecule has 0 unspecified atom stereocenters. The molecule has 0 aliphatic rings. The molecule has 6 nitrogen and oxygen atoms in total. The normalized spacial score (nSPS) is 10.4. The minimum Gasteiger partial charge on any atom is -0.507 e. The SMILES string of the molecule is NC(=O)c1c(O)ccc(Cc2c[nH]cn2)c1O. The maximum atomic E-state index is 11.1. The smallest absolute Gasteiger partial charge is 0.256 e. The van der Waals surface area contributed by atoms with E-state index in [0.717, 1.165) is 0 Å². The third-order valence-electron chi connectivity index (χ3n) is 2.41. The van der Waals surface area contributed by atoms with E-state index >= 15 is 0 Å². The van der Waals surface area contributed by atoms with Gasteiger partial charge in [0.1, 0.15) is 17.1 Å². The van der Waals surface area contributed by atoms with E-state index in [9.17, 15) is 15.0 Å². The zero-order chi connectivity index (χ0) is 12.4. The summed E-state index contributed by atoms with van der Waals surface area (Å²) >= 11 is 0. The van der Waals surface area contributed by atoms with E-state index in [0.29, 0.717) is 17.7 Å². The summed E-state index contributed by atoms with van der Waals surface area (Å²) in [6, 6.07) is 2.84. The molecule has 0 spiro atoms. The number of H-pyrrole nitrogens is 1. The van der Waals surface area contributed by atoms with E-state index in [2.05, 4.69) is 9.97 Å². The average molecular weight is 233 g/mol. The third kappa shape index (κ3) is 2.05. The van der Waals surface area contributed by atoms with Gasteiger partial charge in [-0.05, 0) is 6.07 Å². The molecule has 0 saturated carbocycles. The number of imidazole rings is 1. The van der Waals surface area contributed by atoms with Crippen LogP contribution in [0.1, 0.15) is 21.6 Å². The highest BCUT2D eigenvalue weighted by Crippen LogP contribution is 2.31. The average Bonchev–Trinajstić information content (AvgIpc) is 2.74. The number of hydrogen-bond donors (Lipinski definition) is 4. The minimum atomic E-state index is -0.871. The lowest BCUT2D eigenvalue weighted by Crippen LogP contribution is -2.12. The summed E-state index contributed by atoms with van der Waals surface area (Å²) in [4.78, 5) is 17.9. The van der Waals surface area contributed by atoms with E-state index in [-0.39, 0.29) is 17.1 Å². The Hall–Kier alpha value is -2.50. The minimum absolute atomic E-state index is 0.266. The van der Waals surface area contributed by atoms with Crippen LogP contribution < -0.4 is 5.73 Å². The first-order valence-electron chi connectivity index (χ1n) is 4.91. The van der Waals surface area contributed by atoms with Crippen molar-refractivity contribution in [3.8, 4) is 11.5 Å². The predicted octanol–water partition coefficient (Wildman–Crippen LogP) is 0.511. The van der Waals surface area contributed by atoms with E-state index in [1.807, 2.05) is 0 Å². The number of aromatic nitrogens is 2. The highest BCUT2D eigenvalue weighted by atomic mass is 16.3. The Balaban J connectivity index is 2.42. The number of primary amides is 1. The number of benzene rings is 1. The summed E-state index contributed by atoms with van der Waals surface area (Å²) in [6.07, 6.45) is 3.54. The summed E-state index contributed by atoms with van der Waals surface area (Å²) in [5, 5.41) is 19.3. The second-order valence-corrected chi connectivity index (χ2v) is 3.57. The summed E-state index contributed by atoms with van der Waals surface area (Å²) in [6.45, 7) is 0. The lowest BCUT2D eigenvalue weighted by molar-refractivity contribution is 0.0995. The number of carbonyl (C=O) groups is 1. The van der Waals surface area contributed by atoms with Gasteiger partial charge in [-0.3, -0.25) is 4.79 Å². The summed E-state index contributed by atoms with van der Waals surface area (Å²) in [5.41, 5.74) is 6.00. The van der Waals surface area contributed by atoms with Gasteiger partial charge in [0.25, 0.3) is 5.91 Å². The first-order valence-corrected chi connectivity index (χ1v) is 4.91. The molecule has 0 fully saturated rings. The Morgan fingerprint density at radius 2 is 2.18 bits per heavy atom. The highest BCUT2D eigenvalue weighted by Gasteiger charge is 2.17. The van der Waals surface area contributed by atoms with Crippen LogP contribution in [-0.2, 0) is 6.42 Å². The number of nitrogens with zero attached hydrogens (tertiary/aromatic N) is 1. The number of aromatic amines is 1. The van der Waals surface area contributed by atoms with Crippen molar-refractivity contribution in [3.63, 3.8) is 0 Å². The number of hydrogen-bond acceptors (Lipinski definition) is 4. The Bertz CT molecular complexity index is 549. The van der Waals surface area contributed by atoms with Crippen molar-refractivity contribution in [1.82, 2.24) is 9.97 Å². The number of carbonyl (C=O) groups excluding carboxylic acids is 1. The molecule has 6 heteroatoms. The fourth-order valence-corrected chi connectivity index (χ4v) is 1.59. The number of nitrogens with two attached hydrogens (primary N) is 1. The monoisotopic (exact) mass is 233 g/mol. The second-order valence-electron chi connectivity index (χ2n) is 3.57. The molecule has 0 aliphatic carbocycles. The zero-order valence-corrected chi connectivity index (χ0v) is 8.84. The fraction of sp³-hybridized carbons (Fsp3) is 0.0909. The van der Waals surface area contributed by atoms with Crippen LogP contribution in [0.3, 0.4) is 0 Å². The maximum absolute atomic E-state index is 11.1. The number of aromatic hydroxyl groups is 2. The number of nitrogens with one attached hydrogen (secondary N) is 1. The standard InChI is InChI=1S/C11H11N3O3/c12-11(17)9-8(15)2-1-6(10(9)16)3-7-4-13-5-14-7/h1-2,4-5,15-16H,3H2,(H2,12,17)(H,13,14). The topological polar surface area (TPSA) is 112 Å². The van der Waals surface area contributed by atoms with Gasteiger partial charge in [-0.1, -0.05) is 6.07 Å². The van der Waals surface area contributed by atoms with Crippen LogP contribution in [0.2, 0.25) is 0 Å². The van der Waals surface area contributed by atoms with Gasteiger partial charge >= 0.3 is 0 Å². The van der Waals surface area contributed by atoms with E-state index in [4.69, 9.17) is 5.73 Å². The lowest BCUT2D eigenvalue weighted by atomic mass is 10.0. The van der Waals surface area contributed by atoms with E-state index in [1.165, 1.54) is 18.5 Å². The van der Waals surface area contributed by atoms with Crippen molar-refractivity contribution in [2.75, 3.05) is 0 Å². The molecule has 88 valence electrons. The number of phenols is 2. The van der Waals surface area contributed by atoms with Gasteiger partial charge in [0.15, 0.2) is 0 Å². The highest BCUT2D eigenvalue weighted by molar-refractivity contribution is 5.98. The van der Waals surface area contributed by atoms with Crippen LogP contribution in [0.5, 0.6) is 11.5 Å². The van der Waals surface area contributed by atoms with Crippen molar-refractivity contribution in [3.05, 3.63) is 41.5 Å². The Kier molecular flexibility index (Phi) is 2.70. The van der Waals surface area contributed by atoms with Gasteiger partial charge < -0.3 is 20.9 Å². The first kappa shape index (κ1) is 11.0. The third-order valence-corrected chi connectivity index (χ3v) is 2.41. The van der Waals surface area contributed by atoms with Gasteiger partial charge in [-0.25, -0.2) is 4.98 Å². The molecule has 0 aliphatic heterocycles. The van der Waals surface area contributed by atoms with Gasteiger partial charge in [0, 0.05) is 18.2 Å². The van der Waals surface area contributed by atoms with Crippen molar-refractivity contribution in [2.24, 2.45) is 5.73 Å². The largest absolute Gasteiger partial charge is 0.507 e. The van der Waals surface area contributed by atoms with Crippen molar-refractivity contribution >= 4 is 5.91 Å². The fourth-order valence-electron chi connectivity index (χ4n) is 1.59. The molecule has 1 aromatic carbocycles. The van der Waals surface area contributed by atoms with Crippen LogP contribution in [0.4, 0.5) is 0 Å². The summed E-state index contributed by atoms with van der Waals surface area (Å²) < 4.78 is 0. The Morgan fingerprint density at radius 3 is 2.76 bits per heavy atom. The summed E-state index contributed by atoms with van der Waals surface area (Å²) in [5.74, 6) is -1.51. The molecule has 17 heavy (non-hydrogen) atoms. The molecule has 1 amide bonds. The second kappa shape index (κ2) is 4.17. The molecule has 0 radical (unpaired) electrons. The van der Waals surface area contributed by atoms with Gasteiger partial charge in [0.05, 0.1) is 12.0 Å². The van der Waals surface area contributed by atoms with Crippen LogP contribution in [0.25, 0.3) is 0 Å². The van der Waals surface area contributed by atoms with Gasteiger partial charge in [0.2, 0.25) is 0 Å². The summed E-state index contributed by atoms with van der Waals surface area (Å²) in [7, 11) is 0. The molecule has 0 bridgehead atoms. The molecule has 0 atom stereocenters. The van der Waals surface area contributed by atoms with E-state index in [1.54, 1.807) is 6.20 Å². The van der Waals surface area contributed by atoms with Crippen molar-refractivity contribution in [2.45, 2.75) is 6.42 Å². The predicted molar refractivity (Wildman–Crippen MR) is 59.7 cm³/mol. The van der Waals surface area contributed by atoms with Crippen LogP contribution in [-0.4, -0.2) is 26.1 Å². The van der Waals surface area contributed by atoms with Crippen LogP contribution >= 0.6 is 0 Å². The molecule has 1 heterocycles. The zero-order valence-electron chi connectivity index (χ0n) is 8.84. The van der Waals surface area contributed by atoms with Crippen molar-refractivity contribution < 1.29 is 15.0 Å². The van der Waals surface area contributed by atoms with Gasteiger partial charge in [-0.2, -0.15) is 0 Å². The van der Waals surface area contributed by atoms with Crippen LogP contribution in [0.15, 0.2) is 24.7 Å². The van der Waals surface area contributed by atoms with Crippen LogP contribution in [0, 0.1) is 0 Å². The number of rotatable bonds is 3. The maximum Gasteiger partial charge on any atom is 0.256 e. The molecule has 2 aromatic rings. The Morgan fingerprint density at radius 1 is 1.41 bits per heavy atom. The van der Waals surface area contributed by atoms with Gasteiger partial charge in [-0.15, -0.1) is 0 Å². The lowest BCUT2D eigenvalue weighted by Gasteiger charge is -2.08. The molecule has 0 saturated heterocycles. The first-order chi connectivity index (χ1) is 8.09. The van der Waals surface area contributed by atoms with E-state index < -0.39 is 5.91 Å². The molecule has 5 N–H and O–H groups in total. The quantitative estimate of drug-likeness (QED) is 0.618. The number of amides is 1. The molecular formula is C11H11N3O3. The molecular weight excluding hydrogens is 222 g/mol.